The quantitative estimate of drug-likeness (QED) is 0.821. The molecule has 0 bridgehead atoms. The van der Waals surface area contributed by atoms with E-state index in [1.807, 2.05) is 6.92 Å². The van der Waals surface area contributed by atoms with Crippen molar-refractivity contribution in [3.63, 3.8) is 0 Å². The second-order valence-corrected chi connectivity index (χ2v) is 4.42. The third-order valence-electron chi connectivity index (χ3n) is 2.93. The molecule has 0 spiro atoms. The SMILES string of the molecule is C=C(N)c1cc(-c2cccc(C)c2)ccc1C. The molecule has 1 heteroatoms. The first kappa shape index (κ1) is 11.5. The van der Waals surface area contributed by atoms with Crippen LogP contribution in [0.2, 0.25) is 0 Å². The van der Waals surface area contributed by atoms with Gasteiger partial charge in [0.1, 0.15) is 0 Å². The highest BCUT2D eigenvalue weighted by Crippen LogP contribution is 2.25. The standard InChI is InChI=1S/C16H17N/c1-11-5-4-6-14(9-11)15-8-7-12(2)16(10-15)13(3)17/h4-10H,3,17H2,1-2H3. The molecule has 2 rings (SSSR count). The molecule has 0 aliphatic carbocycles. The molecule has 0 aliphatic rings. The van der Waals surface area contributed by atoms with Crippen LogP contribution in [-0.4, -0.2) is 0 Å². The maximum absolute atomic E-state index is 5.80. The molecule has 2 aromatic rings. The lowest BCUT2D eigenvalue weighted by Gasteiger charge is -2.09. The van der Waals surface area contributed by atoms with Gasteiger partial charge in [0.25, 0.3) is 0 Å². The van der Waals surface area contributed by atoms with Crippen molar-refractivity contribution in [2.75, 3.05) is 0 Å². The van der Waals surface area contributed by atoms with Crippen molar-refractivity contribution in [2.24, 2.45) is 5.73 Å². The number of hydrogen-bond donors (Lipinski definition) is 1. The van der Waals surface area contributed by atoms with Gasteiger partial charge in [-0.1, -0.05) is 48.5 Å². The first-order chi connectivity index (χ1) is 8.08. The van der Waals surface area contributed by atoms with E-state index in [-0.39, 0.29) is 0 Å². The van der Waals surface area contributed by atoms with Gasteiger partial charge in [0, 0.05) is 11.3 Å². The van der Waals surface area contributed by atoms with Gasteiger partial charge in [0.2, 0.25) is 0 Å². The lowest BCUT2D eigenvalue weighted by molar-refractivity contribution is 1.39. The number of rotatable bonds is 2. The first-order valence-corrected chi connectivity index (χ1v) is 5.70. The summed E-state index contributed by atoms with van der Waals surface area (Å²) in [5.41, 5.74) is 12.3. The Morgan fingerprint density at radius 2 is 1.71 bits per heavy atom. The van der Waals surface area contributed by atoms with E-state index in [0.717, 1.165) is 11.1 Å². The molecule has 17 heavy (non-hydrogen) atoms. The summed E-state index contributed by atoms with van der Waals surface area (Å²) in [6.45, 7) is 7.96. The Morgan fingerprint density at radius 3 is 2.35 bits per heavy atom. The minimum absolute atomic E-state index is 0.622. The fourth-order valence-corrected chi connectivity index (χ4v) is 1.97. The van der Waals surface area contributed by atoms with E-state index in [1.165, 1.54) is 16.7 Å². The molecular formula is C16H17N. The summed E-state index contributed by atoms with van der Waals surface area (Å²) in [4.78, 5) is 0. The minimum atomic E-state index is 0.622. The van der Waals surface area contributed by atoms with E-state index < -0.39 is 0 Å². The van der Waals surface area contributed by atoms with Crippen LogP contribution in [-0.2, 0) is 0 Å². The van der Waals surface area contributed by atoms with Crippen LogP contribution in [0.1, 0.15) is 16.7 Å². The Labute approximate surface area is 103 Å². The summed E-state index contributed by atoms with van der Waals surface area (Å²) < 4.78 is 0. The molecular weight excluding hydrogens is 206 g/mol. The summed E-state index contributed by atoms with van der Waals surface area (Å²) in [6.07, 6.45) is 0. The van der Waals surface area contributed by atoms with Crippen molar-refractivity contribution < 1.29 is 0 Å². The maximum Gasteiger partial charge on any atom is 0.0317 e. The van der Waals surface area contributed by atoms with E-state index in [4.69, 9.17) is 5.73 Å². The molecule has 0 aromatic heterocycles. The molecule has 86 valence electrons. The topological polar surface area (TPSA) is 26.0 Å². The lowest BCUT2D eigenvalue weighted by Crippen LogP contribution is -1.97. The van der Waals surface area contributed by atoms with Gasteiger partial charge in [-0.15, -0.1) is 0 Å². The predicted octanol–water partition coefficient (Wildman–Crippen LogP) is 3.90. The maximum atomic E-state index is 5.80. The Balaban J connectivity index is 2.54. The van der Waals surface area contributed by atoms with Crippen LogP contribution in [0.4, 0.5) is 0 Å². The van der Waals surface area contributed by atoms with Gasteiger partial charge in [-0.25, -0.2) is 0 Å². The molecule has 0 aliphatic heterocycles. The second kappa shape index (κ2) is 4.46. The molecule has 0 fully saturated rings. The predicted molar refractivity (Wildman–Crippen MR) is 74.6 cm³/mol. The molecule has 2 N–H and O–H groups in total. The number of benzene rings is 2. The van der Waals surface area contributed by atoms with Crippen molar-refractivity contribution in [2.45, 2.75) is 13.8 Å². The van der Waals surface area contributed by atoms with Crippen molar-refractivity contribution in [1.29, 1.82) is 0 Å². The zero-order valence-electron chi connectivity index (χ0n) is 10.3. The van der Waals surface area contributed by atoms with E-state index >= 15 is 0 Å². The lowest BCUT2D eigenvalue weighted by atomic mass is 9.98. The molecule has 0 heterocycles. The molecule has 0 amide bonds. The van der Waals surface area contributed by atoms with Crippen LogP contribution in [0, 0.1) is 13.8 Å². The van der Waals surface area contributed by atoms with Crippen molar-refractivity contribution in [3.05, 3.63) is 65.7 Å². The van der Waals surface area contributed by atoms with Gasteiger partial charge >= 0.3 is 0 Å². The minimum Gasteiger partial charge on any atom is -0.399 e. The number of nitrogens with two attached hydrogens (primary N) is 1. The first-order valence-electron chi connectivity index (χ1n) is 5.70. The zero-order valence-corrected chi connectivity index (χ0v) is 10.3. The van der Waals surface area contributed by atoms with Gasteiger partial charge in [-0.3, -0.25) is 0 Å². The fourth-order valence-electron chi connectivity index (χ4n) is 1.97. The van der Waals surface area contributed by atoms with Crippen molar-refractivity contribution in [1.82, 2.24) is 0 Å². The smallest absolute Gasteiger partial charge is 0.0317 e. The zero-order chi connectivity index (χ0) is 12.4. The largest absolute Gasteiger partial charge is 0.399 e. The highest BCUT2D eigenvalue weighted by Gasteiger charge is 2.03. The summed E-state index contributed by atoms with van der Waals surface area (Å²) >= 11 is 0. The van der Waals surface area contributed by atoms with Crippen LogP contribution in [0.3, 0.4) is 0 Å². The monoisotopic (exact) mass is 223 g/mol. The molecule has 1 nitrogen and oxygen atoms in total. The van der Waals surface area contributed by atoms with E-state index in [1.54, 1.807) is 0 Å². The third-order valence-corrected chi connectivity index (χ3v) is 2.93. The van der Waals surface area contributed by atoms with Gasteiger partial charge in [0.15, 0.2) is 0 Å². The molecule has 2 aromatic carbocycles. The van der Waals surface area contributed by atoms with Gasteiger partial charge in [-0.2, -0.15) is 0 Å². The highest BCUT2D eigenvalue weighted by molar-refractivity contribution is 5.72. The summed E-state index contributed by atoms with van der Waals surface area (Å²) in [6, 6.07) is 14.8. The number of aryl methyl sites for hydroxylation is 2. The third kappa shape index (κ3) is 2.39. The van der Waals surface area contributed by atoms with Crippen molar-refractivity contribution >= 4 is 5.70 Å². The fraction of sp³-hybridized carbons (Fsp3) is 0.125. The highest BCUT2D eigenvalue weighted by atomic mass is 14.6. The van der Waals surface area contributed by atoms with Gasteiger partial charge in [-0.05, 0) is 36.6 Å². The summed E-state index contributed by atoms with van der Waals surface area (Å²) in [5.74, 6) is 0. The van der Waals surface area contributed by atoms with E-state index in [0.29, 0.717) is 5.70 Å². The Hall–Kier alpha value is -2.02. The number of hydrogen-bond acceptors (Lipinski definition) is 1. The van der Waals surface area contributed by atoms with E-state index in [9.17, 15) is 0 Å². The average molecular weight is 223 g/mol. The van der Waals surface area contributed by atoms with Gasteiger partial charge in [0.05, 0.1) is 0 Å². The second-order valence-electron chi connectivity index (χ2n) is 4.42. The van der Waals surface area contributed by atoms with Crippen LogP contribution >= 0.6 is 0 Å². The van der Waals surface area contributed by atoms with Crippen LogP contribution in [0.25, 0.3) is 16.8 Å². The molecule has 0 saturated carbocycles. The Kier molecular flexibility index (Phi) is 3.01. The molecule has 0 saturated heterocycles. The summed E-state index contributed by atoms with van der Waals surface area (Å²) in [5, 5.41) is 0. The average Bonchev–Trinajstić information content (AvgIpc) is 2.29. The summed E-state index contributed by atoms with van der Waals surface area (Å²) in [7, 11) is 0. The van der Waals surface area contributed by atoms with Crippen molar-refractivity contribution in [3.8, 4) is 11.1 Å². The Morgan fingerprint density at radius 1 is 1.00 bits per heavy atom. The Bertz CT molecular complexity index is 567. The molecule has 0 unspecified atom stereocenters. The van der Waals surface area contributed by atoms with Gasteiger partial charge < -0.3 is 5.73 Å². The van der Waals surface area contributed by atoms with E-state index in [2.05, 4.69) is 56.0 Å². The normalized spacial score (nSPS) is 10.2. The van der Waals surface area contributed by atoms with Crippen LogP contribution in [0.15, 0.2) is 49.0 Å². The molecule has 0 atom stereocenters. The molecule has 0 radical (unpaired) electrons. The van der Waals surface area contributed by atoms with Crippen LogP contribution < -0.4 is 5.73 Å². The van der Waals surface area contributed by atoms with Crippen LogP contribution in [0.5, 0.6) is 0 Å².